The van der Waals surface area contributed by atoms with E-state index in [-0.39, 0.29) is 0 Å². The summed E-state index contributed by atoms with van der Waals surface area (Å²) >= 11 is 0. The fourth-order valence-corrected chi connectivity index (χ4v) is 4.33. The zero-order valence-corrected chi connectivity index (χ0v) is 16.0. The molecular formula is C23H27N4+. The number of nitrogens with zero attached hydrogens (tertiary/aromatic N) is 3. The molecule has 1 saturated heterocycles. The number of hydrogen-bond acceptors (Lipinski definition) is 1. The minimum atomic E-state index is 1.02. The second-order valence-corrected chi connectivity index (χ2v) is 7.77. The summed E-state index contributed by atoms with van der Waals surface area (Å²) in [5, 5.41) is 0. The Labute approximate surface area is 160 Å². The molecule has 1 aliphatic heterocycles. The maximum absolute atomic E-state index is 3.68. The molecule has 2 aromatic heterocycles. The van der Waals surface area contributed by atoms with Crippen LogP contribution in [0.3, 0.4) is 0 Å². The molecule has 4 heteroatoms. The molecule has 3 heterocycles. The summed E-state index contributed by atoms with van der Waals surface area (Å²) in [6, 6.07) is 17.5. The minimum Gasteiger partial charge on any atom is -0.300 e. The molecule has 1 N–H and O–H groups in total. The number of aryl methyl sites for hydroxylation is 1. The molecule has 5 rings (SSSR count). The predicted molar refractivity (Wildman–Crippen MR) is 110 cm³/mol. The summed E-state index contributed by atoms with van der Waals surface area (Å²) in [7, 11) is 0. The van der Waals surface area contributed by atoms with Crippen molar-refractivity contribution >= 4 is 16.8 Å². The lowest BCUT2D eigenvalue weighted by molar-refractivity contribution is -0.647. The Morgan fingerprint density at radius 1 is 0.963 bits per heavy atom. The van der Waals surface area contributed by atoms with Crippen LogP contribution in [0.2, 0.25) is 0 Å². The molecule has 4 nitrogen and oxygen atoms in total. The number of fused-ring (bicyclic) bond motifs is 3. The van der Waals surface area contributed by atoms with Gasteiger partial charge in [-0.15, -0.1) is 0 Å². The number of para-hydroxylation sites is 2. The summed E-state index contributed by atoms with van der Waals surface area (Å²) in [5.74, 6) is 1.17. The third-order valence-corrected chi connectivity index (χ3v) is 5.87. The number of piperidine rings is 1. The molecule has 0 bridgehead atoms. The van der Waals surface area contributed by atoms with Crippen molar-refractivity contribution in [1.29, 1.82) is 0 Å². The van der Waals surface area contributed by atoms with Gasteiger partial charge in [0.1, 0.15) is 22.9 Å². The largest absolute Gasteiger partial charge is 0.368 e. The van der Waals surface area contributed by atoms with Gasteiger partial charge in [-0.25, -0.2) is 9.55 Å². The van der Waals surface area contributed by atoms with Crippen LogP contribution >= 0.6 is 0 Å². The molecule has 138 valence electrons. The van der Waals surface area contributed by atoms with Crippen LogP contribution in [0, 0.1) is 6.92 Å². The molecule has 1 aliphatic rings. The molecule has 4 aromatic rings. The zero-order valence-electron chi connectivity index (χ0n) is 16.0. The van der Waals surface area contributed by atoms with Crippen molar-refractivity contribution in [2.45, 2.75) is 32.7 Å². The Hall–Kier alpha value is -2.59. The Kier molecular flexibility index (Phi) is 4.21. The summed E-state index contributed by atoms with van der Waals surface area (Å²) in [5.41, 5.74) is 6.26. The molecule has 27 heavy (non-hydrogen) atoms. The van der Waals surface area contributed by atoms with Crippen LogP contribution in [0.4, 0.5) is 0 Å². The maximum Gasteiger partial charge on any atom is 0.368 e. The van der Waals surface area contributed by atoms with E-state index in [1.54, 1.807) is 0 Å². The lowest BCUT2D eigenvalue weighted by Gasteiger charge is -2.25. The highest BCUT2D eigenvalue weighted by Gasteiger charge is 2.22. The van der Waals surface area contributed by atoms with Crippen LogP contribution in [0.25, 0.3) is 28.1 Å². The lowest BCUT2D eigenvalue weighted by Crippen LogP contribution is -2.42. The first-order chi connectivity index (χ1) is 13.3. The number of hydrogen-bond donors (Lipinski definition) is 1. The van der Waals surface area contributed by atoms with Gasteiger partial charge in [-0.1, -0.05) is 48.4 Å². The maximum atomic E-state index is 3.68. The lowest BCUT2D eigenvalue weighted by atomic mass is 10.1. The van der Waals surface area contributed by atoms with Gasteiger partial charge < -0.3 is 4.90 Å². The molecule has 1 fully saturated rings. The highest BCUT2D eigenvalue weighted by molar-refractivity contribution is 5.76. The summed E-state index contributed by atoms with van der Waals surface area (Å²) < 4.78 is 4.75. The Morgan fingerprint density at radius 3 is 2.56 bits per heavy atom. The first-order valence-electron chi connectivity index (χ1n) is 10.1. The highest BCUT2D eigenvalue weighted by atomic mass is 15.2. The Morgan fingerprint density at radius 2 is 1.74 bits per heavy atom. The van der Waals surface area contributed by atoms with Gasteiger partial charge in [0.15, 0.2) is 0 Å². The molecule has 0 radical (unpaired) electrons. The van der Waals surface area contributed by atoms with Gasteiger partial charge >= 0.3 is 5.78 Å². The van der Waals surface area contributed by atoms with Crippen LogP contribution in [0.15, 0.2) is 54.7 Å². The standard InChI is InChI=1S/C23H26N4/c1-18-9-11-19(12-10-18)20-17-27-22-8-4-3-7-21(22)26(23(27)24-20)16-15-25-13-5-2-6-14-25/h3-4,7-12,17H,2,5-6,13-16H2,1H3/p+1. The number of aromatic amines is 1. The number of benzene rings is 2. The van der Waals surface area contributed by atoms with Crippen molar-refractivity contribution < 1.29 is 4.57 Å². The number of aromatic nitrogens is 3. The third kappa shape index (κ3) is 3.04. The van der Waals surface area contributed by atoms with Crippen LogP contribution in [-0.2, 0) is 6.54 Å². The molecule has 0 atom stereocenters. The van der Waals surface area contributed by atoms with E-state index in [1.165, 1.54) is 66.0 Å². The number of H-pyrrole nitrogens is 1. The molecule has 0 spiro atoms. The Bertz CT molecular complexity index is 1070. The van der Waals surface area contributed by atoms with Crippen LogP contribution in [0.5, 0.6) is 0 Å². The average Bonchev–Trinajstić information content (AvgIpc) is 3.26. The number of rotatable bonds is 4. The van der Waals surface area contributed by atoms with E-state index in [9.17, 15) is 0 Å². The summed E-state index contributed by atoms with van der Waals surface area (Å²) in [4.78, 5) is 6.29. The van der Waals surface area contributed by atoms with Crippen molar-refractivity contribution in [3.63, 3.8) is 0 Å². The number of nitrogens with one attached hydrogen (secondary N) is 1. The van der Waals surface area contributed by atoms with E-state index >= 15 is 0 Å². The van der Waals surface area contributed by atoms with Crippen LogP contribution < -0.4 is 4.57 Å². The fraction of sp³-hybridized carbons (Fsp3) is 0.348. The Balaban J connectivity index is 1.55. The monoisotopic (exact) mass is 359 g/mol. The number of imidazole rings is 2. The topological polar surface area (TPSA) is 27.3 Å². The van der Waals surface area contributed by atoms with E-state index in [0.717, 1.165) is 13.1 Å². The van der Waals surface area contributed by atoms with E-state index in [4.69, 9.17) is 0 Å². The van der Waals surface area contributed by atoms with E-state index in [0.29, 0.717) is 0 Å². The van der Waals surface area contributed by atoms with Crippen molar-refractivity contribution in [3.8, 4) is 11.3 Å². The molecule has 0 aliphatic carbocycles. The first kappa shape index (κ1) is 16.6. The first-order valence-corrected chi connectivity index (χ1v) is 10.1. The van der Waals surface area contributed by atoms with Gasteiger partial charge in [0.05, 0.1) is 6.54 Å². The molecule has 2 aromatic carbocycles. The minimum absolute atomic E-state index is 1.02. The number of likely N-dealkylation sites (tertiary alicyclic amines) is 1. The van der Waals surface area contributed by atoms with Gasteiger partial charge in [0, 0.05) is 12.1 Å². The van der Waals surface area contributed by atoms with Gasteiger partial charge in [-0.05, 0) is 45.0 Å². The highest BCUT2D eigenvalue weighted by Crippen LogP contribution is 2.22. The summed E-state index contributed by atoms with van der Waals surface area (Å²) in [6.07, 6.45) is 6.31. The van der Waals surface area contributed by atoms with Gasteiger partial charge in [0.2, 0.25) is 0 Å². The predicted octanol–water partition coefficient (Wildman–Crippen LogP) is 4.17. The van der Waals surface area contributed by atoms with Crippen molar-refractivity contribution in [2.75, 3.05) is 19.6 Å². The van der Waals surface area contributed by atoms with Crippen LogP contribution in [-0.4, -0.2) is 33.9 Å². The smallest absolute Gasteiger partial charge is 0.300 e. The molecular weight excluding hydrogens is 332 g/mol. The molecule has 0 saturated carbocycles. The second kappa shape index (κ2) is 6.86. The van der Waals surface area contributed by atoms with Crippen molar-refractivity contribution in [2.24, 2.45) is 0 Å². The van der Waals surface area contributed by atoms with Crippen molar-refractivity contribution in [3.05, 3.63) is 60.3 Å². The van der Waals surface area contributed by atoms with Gasteiger partial charge in [-0.2, -0.15) is 4.40 Å². The average molecular weight is 359 g/mol. The molecule has 0 amide bonds. The SMILES string of the molecule is Cc1ccc(-c2cn3c4ccccc4[n+](CCN4CCCCC4)c3[nH]2)cc1. The zero-order chi connectivity index (χ0) is 18.2. The fourth-order valence-electron chi connectivity index (χ4n) is 4.33. The van der Waals surface area contributed by atoms with Crippen molar-refractivity contribution in [1.82, 2.24) is 14.3 Å². The van der Waals surface area contributed by atoms with E-state index in [2.05, 4.69) is 80.5 Å². The quantitative estimate of drug-likeness (QED) is 0.544. The third-order valence-electron chi connectivity index (χ3n) is 5.87. The summed E-state index contributed by atoms with van der Waals surface area (Å²) in [6.45, 7) is 6.76. The van der Waals surface area contributed by atoms with Gasteiger partial charge in [-0.3, -0.25) is 0 Å². The van der Waals surface area contributed by atoms with Crippen LogP contribution in [0.1, 0.15) is 24.8 Å². The normalized spacial score (nSPS) is 15.7. The second-order valence-electron chi connectivity index (χ2n) is 7.77. The van der Waals surface area contributed by atoms with E-state index < -0.39 is 0 Å². The molecule has 0 unspecified atom stereocenters. The van der Waals surface area contributed by atoms with E-state index in [1.807, 2.05) is 0 Å². The van der Waals surface area contributed by atoms with Gasteiger partial charge in [0.25, 0.3) is 0 Å².